The van der Waals surface area contributed by atoms with Gasteiger partial charge in [0, 0.05) is 11.1 Å². The Morgan fingerprint density at radius 2 is 0.969 bits per heavy atom. The van der Waals surface area contributed by atoms with E-state index in [0.29, 0.717) is 23.2 Å². The molecular weight excluding hydrogens is 412 g/mol. The third kappa shape index (κ3) is 3.49. The largest absolute Gasteiger partial charge is 0.508 e. The van der Waals surface area contributed by atoms with E-state index in [1.54, 1.807) is 57.6 Å². The van der Waals surface area contributed by atoms with Gasteiger partial charge in [-0.05, 0) is 62.4 Å². The van der Waals surface area contributed by atoms with Gasteiger partial charge in [-0.15, -0.1) is 20.4 Å². The number of rotatable bonds is 2. The Morgan fingerprint density at radius 3 is 1.34 bits per heavy atom. The van der Waals surface area contributed by atoms with Gasteiger partial charge in [-0.1, -0.05) is 0 Å². The molecule has 0 aliphatic carbocycles. The Balaban J connectivity index is 0.000000135. The number of H-pyrrole nitrogens is 2. The first-order valence-electron chi connectivity index (χ1n) is 9.62. The summed E-state index contributed by atoms with van der Waals surface area (Å²) in [6, 6.07) is 13.6. The third-order valence-electron chi connectivity index (χ3n) is 4.63. The number of aromatic amines is 2. The van der Waals surface area contributed by atoms with E-state index >= 15 is 0 Å². The number of hydrogen-bond donors (Lipinski definition) is 4. The Kier molecular flexibility index (Phi) is 4.51. The molecule has 0 radical (unpaired) electrons. The molecule has 0 fully saturated rings. The number of phenolic OH excluding ortho intramolecular Hbond substituents is 2. The van der Waals surface area contributed by atoms with Crippen molar-refractivity contribution < 1.29 is 10.2 Å². The number of aromatic hydroxyl groups is 2. The Labute approximate surface area is 180 Å². The van der Waals surface area contributed by atoms with Gasteiger partial charge < -0.3 is 10.2 Å². The van der Waals surface area contributed by atoms with Gasteiger partial charge in [-0.25, -0.2) is 0 Å². The van der Waals surface area contributed by atoms with Crippen molar-refractivity contribution in [3.05, 3.63) is 60.2 Å². The molecular formula is C20H18N10O2. The van der Waals surface area contributed by atoms with Crippen LogP contribution in [0.4, 0.5) is 0 Å². The fourth-order valence-electron chi connectivity index (χ4n) is 3.17. The average Bonchev–Trinajstić information content (AvgIpc) is 3.51. The molecule has 6 aromatic rings. The van der Waals surface area contributed by atoms with E-state index in [9.17, 15) is 10.2 Å². The minimum absolute atomic E-state index is 0.227. The summed E-state index contributed by atoms with van der Waals surface area (Å²) in [6.07, 6.45) is 0. The fraction of sp³-hybridized carbons (Fsp3) is 0.100. The summed E-state index contributed by atoms with van der Waals surface area (Å²) in [7, 11) is 0. The number of nitrogens with zero attached hydrogens (tertiary/aromatic N) is 8. The van der Waals surface area contributed by atoms with Gasteiger partial charge in [-0.2, -0.15) is 19.0 Å². The molecule has 160 valence electrons. The second kappa shape index (κ2) is 7.50. The normalized spacial score (nSPS) is 11.1. The highest BCUT2D eigenvalue weighted by atomic mass is 16.3. The molecule has 0 spiro atoms. The summed E-state index contributed by atoms with van der Waals surface area (Å²) < 4.78 is 3.42. The van der Waals surface area contributed by atoms with Crippen LogP contribution in [0.25, 0.3) is 34.3 Å². The summed E-state index contributed by atoms with van der Waals surface area (Å²) in [6.45, 7) is 3.71. The van der Waals surface area contributed by atoms with Crippen LogP contribution in [0.15, 0.2) is 48.5 Å². The Bertz CT molecular complexity index is 1390. The molecule has 0 saturated heterocycles. The van der Waals surface area contributed by atoms with Crippen LogP contribution in [-0.2, 0) is 0 Å². The molecule has 4 heterocycles. The molecule has 32 heavy (non-hydrogen) atoms. The molecule has 0 atom stereocenters. The second-order valence-corrected chi connectivity index (χ2v) is 7.03. The molecule has 0 bridgehead atoms. The van der Waals surface area contributed by atoms with Crippen molar-refractivity contribution >= 4 is 11.6 Å². The lowest BCUT2D eigenvalue weighted by Gasteiger charge is -1.97. The SMILES string of the molecule is Cc1nc2nnc(-c3ccc(O)cc3)n2[nH]1.Cc1nc2nnc(-c3ccc(O)cc3)n2[nH]1. The van der Waals surface area contributed by atoms with Crippen molar-refractivity contribution in [2.45, 2.75) is 13.8 Å². The standard InChI is InChI=1S/2C10H9N5O/c2*1-6-11-10-13-12-9(15(10)14-6)7-2-4-8(16)5-3-7/h2*2-5,16H,1H3,(H,11,13,14). The molecule has 0 unspecified atom stereocenters. The Hall–Kier alpha value is -4.74. The van der Waals surface area contributed by atoms with Gasteiger partial charge in [0.05, 0.1) is 0 Å². The zero-order valence-electron chi connectivity index (χ0n) is 17.1. The molecule has 0 aliphatic heterocycles. The summed E-state index contributed by atoms with van der Waals surface area (Å²) in [4.78, 5) is 8.32. The number of aromatic nitrogens is 10. The van der Waals surface area contributed by atoms with Crippen LogP contribution >= 0.6 is 0 Å². The van der Waals surface area contributed by atoms with Crippen LogP contribution in [0.3, 0.4) is 0 Å². The quantitative estimate of drug-likeness (QED) is 0.326. The molecule has 12 nitrogen and oxygen atoms in total. The zero-order chi connectivity index (χ0) is 22.2. The van der Waals surface area contributed by atoms with E-state index in [1.807, 2.05) is 13.8 Å². The highest BCUT2D eigenvalue weighted by Crippen LogP contribution is 2.21. The van der Waals surface area contributed by atoms with E-state index in [-0.39, 0.29) is 11.5 Å². The molecule has 6 rings (SSSR count). The topological polar surface area (TPSA) is 158 Å². The minimum Gasteiger partial charge on any atom is -0.508 e. The lowest BCUT2D eigenvalue weighted by atomic mass is 10.2. The first kappa shape index (κ1) is 19.2. The van der Waals surface area contributed by atoms with E-state index < -0.39 is 0 Å². The lowest BCUT2D eigenvalue weighted by molar-refractivity contribution is 0.475. The predicted octanol–water partition coefficient (Wildman–Crippen LogP) is 2.27. The van der Waals surface area contributed by atoms with E-state index in [0.717, 1.165) is 22.8 Å². The lowest BCUT2D eigenvalue weighted by Crippen LogP contribution is -1.90. The fourth-order valence-corrected chi connectivity index (χ4v) is 3.17. The van der Waals surface area contributed by atoms with Gasteiger partial charge in [0.15, 0.2) is 11.6 Å². The van der Waals surface area contributed by atoms with Gasteiger partial charge >= 0.3 is 0 Å². The van der Waals surface area contributed by atoms with Gasteiger partial charge in [0.25, 0.3) is 11.6 Å². The van der Waals surface area contributed by atoms with Crippen LogP contribution in [0, 0.1) is 13.8 Å². The van der Waals surface area contributed by atoms with Crippen LogP contribution in [0.2, 0.25) is 0 Å². The molecule has 4 aromatic heterocycles. The highest BCUT2D eigenvalue weighted by Gasteiger charge is 2.11. The van der Waals surface area contributed by atoms with E-state index in [1.165, 1.54) is 0 Å². The molecule has 0 aliphatic rings. The van der Waals surface area contributed by atoms with Crippen LogP contribution in [0.5, 0.6) is 11.5 Å². The first-order valence-corrected chi connectivity index (χ1v) is 9.62. The Morgan fingerprint density at radius 1 is 0.594 bits per heavy atom. The summed E-state index contributed by atoms with van der Waals surface area (Å²) in [5, 5.41) is 40.5. The van der Waals surface area contributed by atoms with Crippen LogP contribution in [0.1, 0.15) is 11.6 Å². The first-order chi connectivity index (χ1) is 15.5. The molecule has 12 heteroatoms. The van der Waals surface area contributed by atoms with Crippen molar-refractivity contribution in [3.63, 3.8) is 0 Å². The van der Waals surface area contributed by atoms with Gasteiger partial charge in [0.1, 0.15) is 23.1 Å². The number of benzene rings is 2. The second-order valence-electron chi connectivity index (χ2n) is 7.03. The van der Waals surface area contributed by atoms with E-state index in [2.05, 4.69) is 40.6 Å². The van der Waals surface area contributed by atoms with Crippen molar-refractivity contribution in [3.8, 4) is 34.3 Å². The van der Waals surface area contributed by atoms with Crippen molar-refractivity contribution in [2.24, 2.45) is 0 Å². The maximum atomic E-state index is 9.21. The van der Waals surface area contributed by atoms with Crippen molar-refractivity contribution in [1.82, 2.24) is 49.6 Å². The molecule has 0 saturated carbocycles. The zero-order valence-corrected chi connectivity index (χ0v) is 17.1. The van der Waals surface area contributed by atoms with Crippen LogP contribution < -0.4 is 0 Å². The number of phenols is 2. The number of aryl methyl sites for hydroxylation is 2. The third-order valence-corrected chi connectivity index (χ3v) is 4.63. The minimum atomic E-state index is 0.227. The summed E-state index contributed by atoms with van der Waals surface area (Å²) >= 11 is 0. The number of nitrogens with one attached hydrogen (secondary N) is 2. The maximum absolute atomic E-state index is 9.21. The van der Waals surface area contributed by atoms with Crippen molar-refractivity contribution in [2.75, 3.05) is 0 Å². The summed E-state index contributed by atoms with van der Waals surface area (Å²) in [5.41, 5.74) is 1.74. The van der Waals surface area contributed by atoms with E-state index in [4.69, 9.17) is 0 Å². The van der Waals surface area contributed by atoms with Gasteiger partial charge in [-0.3, -0.25) is 10.2 Å². The van der Waals surface area contributed by atoms with Crippen molar-refractivity contribution in [1.29, 1.82) is 0 Å². The van der Waals surface area contributed by atoms with Gasteiger partial charge in [0.2, 0.25) is 0 Å². The molecule has 0 amide bonds. The number of fused-ring (bicyclic) bond motifs is 2. The average molecular weight is 430 g/mol. The smallest absolute Gasteiger partial charge is 0.272 e. The summed E-state index contributed by atoms with van der Waals surface area (Å²) in [5.74, 6) is 4.46. The highest BCUT2D eigenvalue weighted by molar-refractivity contribution is 5.59. The monoisotopic (exact) mass is 430 g/mol. The molecule has 2 aromatic carbocycles. The molecule has 4 N–H and O–H groups in total. The predicted molar refractivity (Wildman–Crippen MR) is 114 cm³/mol. The van der Waals surface area contributed by atoms with Crippen LogP contribution in [-0.4, -0.2) is 59.8 Å². The maximum Gasteiger partial charge on any atom is 0.272 e. The number of hydrogen-bond acceptors (Lipinski definition) is 8.